The molecule has 1 heterocycles. The standard InChI is InChI=1S/C16H19NO5/c1-10(6-9-14(18)19)15(20)17-12-5-3-2-4-11(12)7-8-13(17)16(21)22/h2-5,10,13H,6-9H2,1H3,(H,18,19)(H,21,22). The molecule has 1 aromatic carbocycles. The summed E-state index contributed by atoms with van der Waals surface area (Å²) in [5, 5.41) is 18.1. The highest BCUT2D eigenvalue weighted by atomic mass is 16.4. The molecule has 6 nitrogen and oxygen atoms in total. The van der Waals surface area contributed by atoms with Crippen molar-refractivity contribution in [1.82, 2.24) is 0 Å². The summed E-state index contributed by atoms with van der Waals surface area (Å²) in [6.07, 6.45) is 1.06. The van der Waals surface area contributed by atoms with E-state index in [4.69, 9.17) is 5.11 Å². The summed E-state index contributed by atoms with van der Waals surface area (Å²) < 4.78 is 0. The van der Waals surface area contributed by atoms with Crippen molar-refractivity contribution >= 4 is 23.5 Å². The first-order valence-electron chi connectivity index (χ1n) is 7.27. The quantitative estimate of drug-likeness (QED) is 0.866. The second-order valence-electron chi connectivity index (χ2n) is 5.56. The van der Waals surface area contributed by atoms with Crippen LogP contribution in [0.2, 0.25) is 0 Å². The molecule has 1 aromatic rings. The molecule has 0 bridgehead atoms. The fraction of sp³-hybridized carbons (Fsp3) is 0.438. The van der Waals surface area contributed by atoms with Gasteiger partial charge in [0.1, 0.15) is 6.04 Å². The minimum atomic E-state index is -1.03. The topological polar surface area (TPSA) is 94.9 Å². The predicted molar refractivity (Wildman–Crippen MR) is 79.7 cm³/mol. The number of amides is 1. The van der Waals surface area contributed by atoms with Gasteiger partial charge >= 0.3 is 11.9 Å². The molecule has 0 aromatic heterocycles. The summed E-state index contributed by atoms with van der Waals surface area (Å²) in [5.74, 6) is -2.87. The summed E-state index contributed by atoms with van der Waals surface area (Å²) in [5.41, 5.74) is 1.56. The minimum absolute atomic E-state index is 0.111. The lowest BCUT2D eigenvalue weighted by atomic mass is 9.93. The summed E-state index contributed by atoms with van der Waals surface area (Å²) in [6, 6.07) is 6.36. The number of rotatable bonds is 5. The molecule has 0 saturated heterocycles. The van der Waals surface area contributed by atoms with Crippen LogP contribution in [0.15, 0.2) is 24.3 Å². The van der Waals surface area contributed by atoms with E-state index in [0.717, 1.165) is 5.56 Å². The van der Waals surface area contributed by atoms with E-state index in [1.165, 1.54) is 4.90 Å². The van der Waals surface area contributed by atoms with Crippen LogP contribution in [-0.2, 0) is 20.8 Å². The summed E-state index contributed by atoms with van der Waals surface area (Å²) in [4.78, 5) is 36.1. The molecule has 0 fully saturated rings. The molecular weight excluding hydrogens is 286 g/mol. The van der Waals surface area contributed by atoms with Gasteiger partial charge in [-0.25, -0.2) is 4.79 Å². The first-order valence-corrected chi connectivity index (χ1v) is 7.27. The van der Waals surface area contributed by atoms with Crippen molar-refractivity contribution in [3.05, 3.63) is 29.8 Å². The van der Waals surface area contributed by atoms with Gasteiger partial charge in [-0.2, -0.15) is 0 Å². The fourth-order valence-corrected chi connectivity index (χ4v) is 2.75. The molecule has 1 aliphatic heterocycles. The number of carbonyl (C=O) groups excluding carboxylic acids is 1. The van der Waals surface area contributed by atoms with Crippen LogP contribution in [0, 0.1) is 5.92 Å². The van der Waals surface area contributed by atoms with E-state index in [2.05, 4.69) is 0 Å². The van der Waals surface area contributed by atoms with Gasteiger partial charge in [-0.05, 0) is 30.9 Å². The Morgan fingerprint density at radius 1 is 1.27 bits per heavy atom. The second-order valence-corrected chi connectivity index (χ2v) is 5.56. The third-order valence-electron chi connectivity index (χ3n) is 3.99. The number of fused-ring (bicyclic) bond motifs is 1. The lowest BCUT2D eigenvalue weighted by Gasteiger charge is -2.36. The van der Waals surface area contributed by atoms with Gasteiger partial charge in [0.15, 0.2) is 0 Å². The molecule has 0 saturated carbocycles. The number of carboxylic acids is 2. The van der Waals surface area contributed by atoms with Crippen LogP contribution >= 0.6 is 0 Å². The van der Waals surface area contributed by atoms with Gasteiger partial charge in [-0.3, -0.25) is 14.5 Å². The average Bonchev–Trinajstić information content (AvgIpc) is 2.50. The third-order valence-corrected chi connectivity index (χ3v) is 3.99. The highest BCUT2D eigenvalue weighted by Gasteiger charge is 2.37. The zero-order chi connectivity index (χ0) is 16.3. The summed E-state index contributed by atoms with van der Waals surface area (Å²) in [7, 11) is 0. The van der Waals surface area contributed by atoms with Crippen molar-refractivity contribution < 1.29 is 24.6 Å². The van der Waals surface area contributed by atoms with Gasteiger partial charge < -0.3 is 10.2 Å². The first-order chi connectivity index (χ1) is 10.4. The van der Waals surface area contributed by atoms with E-state index in [1.807, 2.05) is 12.1 Å². The van der Waals surface area contributed by atoms with Gasteiger partial charge in [-0.1, -0.05) is 25.1 Å². The molecule has 2 atom stereocenters. The number of benzene rings is 1. The average molecular weight is 305 g/mol. The summed E-state index contributed by atoms with van der Waals surface area (Å²) in [6.45, 7) is 1.64. The number of carboxylic acid groups (broad SMARTS) is 2. The van der Waals surface area contributed by atoms with Crippen molar-refractivity contribution in [2.75, 3.05) is 4.90 Å². The molecule has 2 N–H and O–H groups in total. The minimum Gasteiger partial charge on any atom is -0.481 e. The van der Waals surface area contributed by atoms with E-state index in [9.17, 15) is 19.5 Å². The maximum atomic E-state index is 12.7. The van der Waals surface area contributed by atoms with Crippen LogP contribution in [-0.4, -0.2) is 34.1 Å². The Labute approximate surface area is 128 Å². The van der Waals surface area contributed by atoms with Crippen LogP contribution in [0.4, 0.5) is 5.69 Å². The third kappa shape index (κ3) is 3.27. The number of nitrogens with zero attached hydrogens (tertiary/aromatic N) is 1. The molecule has 0 aliphatic carbocycles. The van der Waals surface area contributed by atoms with E-state index in [-0.39, 0.29) is 18.7 Å². The zero-order valence-corrected chi connectivity index (χ0v) is 12.4. The lowest BCUT2D eigenvalue weighted by Crippen LogP contribution is -2.50. The van der Waals surface area contributed by atoms with Crippen molar-refractivity contribution in [2.45, 2.75) is 38.6 Å². The molecular formula is C16H19NO5. The van der Waals surface area contributed by atoms with E-state index < -0.39 is 23.9 Å². The molecule has 2 rings (SSSR count). The Hall–Kier alpha value is -2.37. The van der Waals surface area contributed by atoms with E-state index in [0.29, 0.717) is 18.5 Å². The monoisotopic (exact) mass is 305 g/mol. The van der Waals surface area contributed by atoms with Gasteiger partial charge in [0.2, 0.25) is 5.91 Å². The van der Waals surface area contributed by atoms with Gasteiger partial charge in [0, 0.05) is 18.0 Å². The van der Waals surface area contributed by atoms with Crippen molar-refractivity contribution in [3.8, 4) is 0 Å². The zero-order valence-electron chi connectivity index (χ0n) is 12.4. The molecule has 2 unspecified atom stereocenters. The SMILES string of the molecule is CC(CCC(=O)O)C(=O)N1c2ccccc2CCC1C(=O)O. The van der Waals surface area contributed by atoms with Crippen LogP contribution in [0.1, 0.15) is 31.7 Å². The normalized spacial score (nSPS) is 18.4. The molecule has 118 valence electrons. The van der Waals surface area contributed by atoms with Crippen LogP contribution < -0.4 is 4.90 Å². The predicted octanol–water partition coefficient (Wildman–Crippen LogP) is 1.92. The van der Waals surface area contributed by atoms with Crippen LogP contribution in [0.25, 0.3) is 0 Å². The molecule has 1 amide bonds. The Morgan fingerprint density at radius 2 is 1.95 bits per heavy atom. The lowest BCUT2D eigenvalue weighted by molar-refractivity contribution is -0.141. The highest BCUT2D eigenvalue weighted by Crippen LogP contribution is 2.32. The number of para-hydroxylation sites is 1. The second kappa shape index (κ2) is 6.60. The smallest absolute Gasteiger partial charge is 0.326 e. The number of aliphatic carboxylic acids is 2. The van der Waals surface area contributed by atoms with Gasteiger partial charge in [-0.15, -0.1) is 0 Å². The Kier molecular flexibility index (Phi) is 4.80. The molecule has 0 spiro atoms. The molecule has 22 heavy (non-hydrogen) atoms. The maximum Gasteiger partial charge on any atom is 0.326 e. The Morgan fingerprint density at radius 3 is 2.59 bits per heavy atom. The molecule has 1 aliphatic rings. The number of carbonyl (C=O) groups is 3. The molecule has 0 radical (unpaired) electrons. The Balaban J connectivity index is 2.29. The summed E-state index contributed by atoms with van der Waals surface area (Å²) >= 11 is 0. The highest BCUT2D eigenvalue weighted by molar-refractivity contribution is 6.01. The van der Waals surface area contributed by atoms with Crippen LogP contribution in [0.5, 0.6) is 0 Å². The van der Waals surface area contributed by atoms with Crippen molar-refractivity contribution in [2.24, 2.45) is 5.92 Å². The number of aryl methyl sites for hydroxylation is 1. The maximum absolute atomic E-state index is 12.7. The fourth-order valence-electron chi connectivity index (χ4n) is 2.75. The first kappa shape index (κ1) is 16.0. The van der Waals surface area contributed by atoms with E-state index in [1.54, 1.807) is 19.1 Å². The number of hydrogen-bond donors (Lipinski definition) is 2. The largest absolute Gasteiger partial charge is 0.481 e. The van der Waals surface area contributed by atoms with Crippen molar-refractivity contribution in [3.63, 3.8) is 0 Å². The van der Waals surface area contributed by atoms with Crippen LogP contribution in [0.3, 0.4) is 0 Å². The van der Waals surface area contributed by atoms with Gasteiger partial charge in [0.05, 0.1) is 0 Å². The van der Waals surface area contributed by atoms with Gasteiger partial charge in [0.25, 0.3) is 0 Å². The Bertz CT molecular complexity index is 598. The molecule has 6 heteroatoms. The number of anilines is 1. The van der Waals surface area contributed by atoms with Crippen molar-refractivity contribution in [1.29, 1.82) is 0 Å². The number of hydrogen-bond acceptors (Lipinski definition) is 3. The van der Waals surface area contributed by atoms with E-state index >= 15 is 0 Å².